The number of hydrogen-bond donors (Lipinski definition) is 1. The van der Waals surface area contributed by atoms with Gasteiger partial charge >= 0.3 is 0 Å². The fourth-order valence-electron chi connectivity index (χ4n) is 4.74. The summed E-state index contributed by atoms with van der Waals surface area (Å²) in [4.78, 5) is 11.0. The van der Waals surface area contributed by atoms with E-state index in [1.807, 2.05) is 0 Å². The molecule has 3 nitrogen and oxygen atoms in total. The third kappa shape index (κ3) is 2.23. The zero-order chi connectivity index (χ0) is 18.7. The van der Waals surface area contributed by atoms with Gasteiger partial charge in [0.1, 0.15) is 0 Å². The highest BCUT2D eigenvalue weighted by molar-refractivity contribution is 6.09. The number of aromatic amines is 1. The van der Waals surface area contributed by atoms with Crippen molar-refractivity contribution in [2.24, 2.45) is 0 Å². The number of para-hydroxylation sites is 1. The van der Waals surface area contributed by atoms with Gasteiger partial charge in [-0.15, -0.1) is 0 Å². The summed E-state index contributed by atoms with van der Waals surface area (Å²) in [5.74, 6) is 0. The first-order valence-corrected chi connectivity index (χ1v) is 9.88. The molecule has 0 bridgehead atoms. The Kier molecular flexibility index (Phi) is 3.35. The number of hydrogen-bond acceptors (Lipinski definition) is 2. The van der Waals surface area contributed by atoms with Crippen molar-refractivity contribution in [3.8, 4) is 11.3 Å². The maximum atomic E-state index is 5.22. The van der Waals surface area contributed by atoms with Gasteiger partial charge in [0.05, 0.1) is 11.2 Å². The molecule has 3 heterocycles. The van der Waals surface area contributed by atoms with Crippen molar-refractivity contribution in [3.63, 3.8) is 0 Å². The van der Waals surface area contributed by atoms with Crippen LogP contribution in [0.3, 0.4) is 0 Å². The Hall–Kier alpha value is -3.17. The number of fused-ring (bicyclic) bond motifs is 6. The zero-order valence-corrected chi connectivity index (χ0v) is 15.9. The number of aromatic nitrogens is 2. The van der Waals surface area contributed by atoms with Gasteiger partial charge in [0.25, 0.3) is 0 Å². The van der Waals surface area contributed by atoms with E-state index in [9.17, 15) is 0 Å². The monoisotopic (exact) mass is 363 g/mol. The lowest BCUT2D eigenvalue weighted by atomic mass is 9.89. The highest BCUT2D eigenvalue weighted by Crippen LogP contribution is 2.39. The van der Waals surface area contributed by atoms with Gasteiger partial charge in [-0.3, -0.25) is 0 Å². The van der Waals surface area contributed by atoms with E-state index in [-0.39, 0.29) is 0 Å². The third-order valence-electron chi connectivity index (χ3n) is 6.11. The van der Waals surface area contributed by atoms with Crippen LogP contribution in [0.25, 0.3) is 43.8 Å². The first-order chi connectivity index (χ1) is 13.8. The summed E-state index contributed by atoms with van der Waals surface area (Å²) in [7, 11) is 2.20. The SMILES string of the molecule is CN1CCc2c(c(-c3c[nH]c4ccccc34)nc3ccc4ccccc4c23)C1. The predicted octanol–water partition coefficient (Wildman–Crippen LogP) is 5.52. The van der Waals surface area contributed by atoms with Gasteiger partial charge in [-0.1, -0.05) is 48.5 Å². The van der Waals surface area contributed by atoms with Crippen molar-refractivity contribution < 1.29 is 0 Å². The Bertz CT molecular complexity index is 1360. The third-order valence-corrected chi connectivity index (χ3v) is 6.11. The summed E-state index contributed by atoms with van der Waals surface area (Å²) in [5, 5.41) is 5.19. The Labute approximate surface area is 163 Å². The van der Waals surface area contributed by atoms with E-state index in [0.29, 0.717) is 0 Å². The van der Waals surface area contributed by atoms with Crippen molar-refractivity contribution in [2.75, 3.05) is 13.6 Å². The second-order valence-electron chi connectivity index (χ2n) is 7.83. The topological polar surface area (TPSA) is 31.9 Å². The van der Waals surface area contributed by atoms with Crippen LogP contribution in [0.5, 0.6) is 0 Å². The molecule has 28 heavy (non-hydrogen) atoms. The van der Waals surface area contributed by atoms with Crippen LogP contribution < -0.4 is 0 Å². The molecule has 0 saturated carbocycles. The first kappa shape index (κ1) is 15.8. The summed E-state index contributed by atoms with van der Waals surface area (Å²) < 4.78 is 0. The molecule has 0 atom stereocenters. The van der Waals surface area contributed by atoms with Crippen molar-refractivity contribution in [1.82, 2.24) is 14.9 Å². The maximum Gasteiger partial charge on any atom is 0.0778 e. The Morgan fingerprint density at radius 3 is 2.64 bits per heavy atom. The number of nitrogens with zero attached hydrogens (tertiary/aromatic N) is 2. The van der Waals surface area contributed by atoms with Gasteiger partial charge in [-0.05, 0) is 47.5 Å². The van der Waals surface area contributed by atoms with E-state index in [0.717, 1.165) is 36.2 Å². The summed E-state index contributed by atoms with van der Waals surface area (Å²) in [6, 6.07) is 21.6. The van der Waals surface area contributed by atoms with Gasteiger partial charge in [-0.2, -0.15) is 0 Å². The van der Waals surface area contributed by atoms with E-state index < -0.39 is 0 Å². The van der Waals surface area contributed by atoms with E-state index in [1.165, 1.54) is 38.2 Å². The molecule has 3 heteroatoms. The molecule has 1 aliphatic heterocycles. The lowest BCUT2D eigenvalue weighted by molar-refractivity contribution is 0.314. The van der Waals surface area contributed by atoms with Crippen LogP contribution in [-0.4, -0.2) is 28.5 Å². The Morgan fingerprint density at radius 2 is 1.71 bits per heavy atom. The smallest absolute Gasteiger partial charge is 0.0778 e. The lowest BCUT2D eigenvalue weighted by Crippen LogP contribution is -2.27. The predicted molar refractivity (Wildman–Crippen MR) is 117 cm³/mol. The average molecular weight is 363 g/mol. The molecule has 0 radical (unpaired) electrons. The van der Waals surface area contributed by atoms with Gasteiger partial charge in [0, 0.05) is 41.1 Å². The molecule has 0 spiro atoms. The van der Waals surface area contributed by atoms with Crippen molar-refractivity contribution in [1.29, 1.82) is 0 Å². The summed E-state index contributed by atoms with van der Waals surface area (Å²) in [6.07, 6.45) is 3.18. The molecular formula is C25H21N3. The van der Waals surface area contributed by atoms with Crippen molar-refractivity contribution in [2.45, 2.75) is 13.0 Å². The largest absolute Gasteiger partial charge is 0.360 e. The number of benzene rings is 3. The van der Waals surface area contributed by atoms with Gasteiger partial charge in [0.2, 0.25) is 0 Å². The van der Waals surface area contributed by atoms with Crippen molar-refractivity contribution >= 4 is 32.6 Å². The summed E-state index contributed by atoms with van der Waals surface area (Å²) in [6.45, 7) is 2.03. The molecule has 5 aromatic rings. The number of rotatable bonds is 1. The van der Waals surface area contributed by atoms with E-state index >= 15 is 0 Å². The highest BCUT2D eigenvalue weighted by atomic mass is 15.1. The minimum atomic E-state index is 0.941. The first-order valence-electron chi connectivity index (χ1n) is 9.88. The molecule has 0 aliphatic carbocycles. The number of nitrogens with one attached hydrogen (secondary N) is 1. The van der Waals surface area contributed by atoms with Crippen LogP contribution in [0.2, 0.25) is 0 Å². The molecule has 2 aromatic heterocycles. The fourth-order valence-corrected chi connectivity index (χ4v) is 4.74. The molecule has 6 rings (SSSR count). The Morgan fingerprint density at radius 1 is 0.893 bits per heavy atom. The van der Waals surface area contributed by atoms with E-state index in [4.69, 9.17) is 4.98 Å². The van der Waals surface area contributed by atoms with E-state index in [2.05, 4.69) is 83.8 Å². The van der Waals surface area contributed by atoms with Crippen LogP contribution in [-0.2, 0) is 13.0 Å². The highest BCUT2D eigenvalue weighted by Gasteiger charge is 2.24. The van der Waals surface area contributed by atoms with Crippen LogP contribution in [0, 0.1) is 0 Å². The minimum Gasteiger partial charge on any atom is -0.360 e. The van der Waals surface area contributed by atoms with Gasteiger partial charge < -0.3 is 9.88 Å². The van der Waals surface area contributed by atoms with E-state index in [1.54, 1.807) is 0 Å². The quantitative estimate of drug-likeness (QED) is 0.397. The molecule has 0 saturated heterocycles. The van der Waals surface area contributed by atoms with Crippen LogP contribution in [0.15, 0.2) is 66.9 Å². The fraction of sp³-hybridized carbons (Fsp3) is 0.160. The number of likely N-dealkylation sites (N-methyl/N-ethyl adjacent to an activating group) is 1. The molecule has 1 N–H and O–H groups in total. The second-order valence-corrected chi connectivity index (χ2v) is 7.83. The van der Waals surface area contributed by atoms with Crippen LogP contribution >= 0.6 is 0 Å². The summed E-state index contributed by atoms with van der Waals surface area (Å²) >= 11 is 0. The molecule has 0 amide bonds. The molecule has 3 aromatic carbocycles. The molecule has 136 valence electrons. The maximum absolute atomic E-state index is 5.22. The van der Waals surface area contributed by atoms with Crippen LogP contribution in [0.4, 0.5) is 0 Å². The minimum absolute atomic E-state index is 0.941. The van der Waals surface area contributed by atoms with Gasteiger partial charge in [-0.25, -0.2) is 4.98 Å². The average Bonchev–Trinajstić information content (AvgIpc) is 3.16. The number of H-pyrrole nitrogens is 1. The Balaban J connectivity index is 1.75. The standard InChI is InChI=1S/C25H21N3/c1-28-13-12-19-21(15-28)25(20-14-26-22-9-5-4-8-18(20)22)27-23-11-10-16-6-2-3-7-17(16)24(19)23/h2-11,14,26H,12-13,15H2,1H3. The molecule has 0 fully saturated rings. The second kappa shape index (κ2) is 5.91. The molecular weight excluding hydrogens is 342 g/mol. The van der Waals surface area contributed by atoms with Crippen LogP contribution in [0.1, 0.15) is 11.1 Å². The summed E-state index contributed by atoms with van der Waals surface area (Å²) in [5.41, 5.74) is 7.44. The molecule has 0 unspecified atom stereocenters. The molecule has 1 aliphatic rings. The zero-order valence-electron chi connectivity index (χ0n) is 15.9. The normalized spacial score (nSPS) is 14.8. The lowest BCUT2D eigenvalue weighted by Gasteiger charge is -2.28. The number of pyridine rings is 1. The van der Waals surface area contributed by atoms with Crippen molar-refractivity contribution in [3.05, 3.63) is 78.0 Å². The van der Waals surface area contributed by atoms with Gasteiger partial charge in [0.15, 0.2) is 0 Å².